The molecule has 2 fully saturated rings. The number of nitrogens with zero attached hydrogens (tertiary/aromatic N) is 3. The monoisotopic (exact) mass is 331 g/mol. The molecule has 3 atom stereocenters. The van der Waals surface area contributed by atoms with Crippen LogP contribution in [0.25, 0.3) is 0 Å². The minimum absolute atomic E-state index is 0.0337. The number of rotatable bonds is 3. The van der Waals surface area contributed by atoms with Crippen LogP contribution in [0.2, 0.25) is 0 Å². The van der Waals surface area contributed by atoms with Crippen molar-refractivity contribution in [3.63, 3.8) is 0 Å². The molecule has 0 N–H and O–H groups in total. The molecule has 7 heteroatoms. The molecule has 0 radical (unpaired) electrons. The van der Waals surface area contributed by atoms with Crippen LogP contribution in [0.5, 0.6) is 0 Å². The molecule has 0 saturated carbocycles. The SMILES string of the molecule is Cc1noc(C[C@H]2C[C@@H]3CN(C(=O)c4cc(C)oc4C)C[C@@H]3O2)n1. The highest BCUT2D eigenvalue weighted by Gasteiger charge is 2.44. The predicted molar refractivity (Wildman–Crippen MR) is 83.6 cm³/mol. The maximum absolute atomic E-state index is 12.7. The number of carbonyl (C=O) groups excluding carboxylic acids is 1. The quantitative estimate of drug-likeness (QED) is 0.856. The topological polar surface area (TPSA) is 81.6 Å². The van der Waals surface area contributed by atoms with E-state index in [0.29, 0.717) is 41.9 Å². The molecule has 2 aromatic rings. The molecular formula is C17H21N3O4. The largest absolute Gasteiger partial charge is 0.466 e. The van der Waals surface area contributed by atoms with Gasteiger partial charge in [0.2, 0.25) is 5.89 Å². The van der Waals surface area contributed by atoms with Crippen LogP contribution in [0.1, 0.15) is 40.0 Å². The fraction of sp³-hybridized carbons (Fsp3) is 0.588. The average molecular weight is 331 g/mol. The third-order valence-electron chi connectivity index (χ3n) is 4.84. The van der Waals surface area contributed by atoms with E-state index in [2.05, 4.69) is 10.1 Å². The average Bonchev–Trinajstić information content (AvgIpc) is 3.24. The molecule has 2 aliphatic heterocycles. The van der Waals surface area contributed by atoms with E-state index in [-0.39, 0.29) is 18.1 Å². The molecule has 128 valence electrons. The summed E-state index contributed by atoms with van der Waals surface area (Å²) in [4.78, 5) is 18.8. The van der Waals surface area contributed by atoms with Crippen molar-refractivity contribution < 1.29 is 18.5 Å². The van der Waals surface area contributed by atoms with Crippen molar-refractivity contribution in [2.45, 2.75) is 45.8 Å². The number of hydrogen-bond acceptors (Lipinski definition) is 6. The zero-order chi connectivity index (χ0) is 16.8. The zero-order valence-electron chi connectivity index (χ0n) is 14.1. The lowest BCUT2D eigenvalue weighted by atomic mass is 10.0. The molecule has 4 rings (SSSR count). The summed E-state index contributed by atoms with van der Waals surface area (Å²) in [6, 6.07) is 1.81. The van der Waals surface area contributed by atoms with Crippen LogP contribution in [0, 0.1) is 26.7 Å². The van der Waals surface area contributed by atoms with Gasteiger partial charge in [0.15, 0.2) is 5.82 Å². The number of aromatic nitrogens is 2. The summed E-state index contributed by atoms with van der Waals surface area (Å²) in [6.45, 7) is 6.85. The summed E-state index contributed by atoms with van der Waals surface area (Å²) < 4.78 is 16.7. The summed E-state index contributed by atoms with van der Waals surface area (Å²) in [5, 5.41) is 3.81. The lowest BCUT2D eigenvalue weighted by molar-refractivity contribution is 0.0330. The maximum atomic E-state index is 12.7. The van der Waals surface area contributed by atoms with E-state index in [4.69, 9.17) is 13.7 Å². The van der Waals surface area contributed by atoms with E-state index in [0.717, 1.165) is 18.7 Å². The Balaban J connectivity index is 1.37. The van der Waals surface area contributed by atoms with Gasteiger partial charge in [-0.05, 0) is 33.3 Å². The summed E-state index contributed by atoms with van der Waals surface area (Å²) >= 11 is 0. The summed E-state index contributed by atoms with van der Waals surface area (Å²) in [5.74, 6) is 3.12. The van der Waals surface area contributed by atoms with E-state index in [1.54, 1.807) is 6.92 Å². The first kappa shape index (κ1) is 15.4. The molecule has 2 aromatic heterocycles. The van der Waals surface area contributed by atoms with Crippen LogP contribution in [-0.4, -0.2) is 46.2 Å². The Bertz CT molecular complexity index is 752. The number of aryl methyl sites for hydroxylation is 3. The highest BCUT2D eigenvalue weighted by atomic mass is 16.5. The van der Waals surface area contributed by atoms with Crippen molar-refractivity contribution in [3.05, 3.63) is 34.9 Å². The Morgan fingerprint density at radius 2 is 2.17 bits per heavy atom. The van der Waals surface area contributed by atoms with Gasteiger partial charge < -0.3 is 18.6 Å². The predicted octanol–water partition coefficient (Wildman–Crippen LogP) is 2.06. The molecule has 4 heterocycles. The van der Waals surface area contributed by atoms with Crippen LogP contribution in [-0.2, 0) is 11.2 Å². The molecule has 0 aromatic carbocycles. The fourth-order valence-corrected chi connectivity index (χ4v) is 3.79. The second-order valence-corrected chi connectivity index (χ2v) is 6.77. The Morgan fingerprint density at radius 1 is 1.33 bits per heavy atom. The minimum Gasteiger partial charge on any atom is -0.466 e. The Labute approximate surface area is 140 Å². The van der Waals surface area contributed by atoms with Crippen LogP contribution in [0.3, 0.4) is 0 Å². The summed E-state index contributed by atoms with van der Waals surface area (Å²) in [7, 11) is 0. The lowest BCUT2D eigenvalue weighted by Crippen LogP contribution is -2.31. The van der Waals surface area contributed by atoms with Crippen molar-refractivity contribution in [2.24, 2.45) is 5.92 Å². The number of amides is 1. The van der Waals surface area contributed by atoms with Crippen molar-refractivity contribution in [3.8, 4) is 0 Å². The highest BCUT2D eigenvalue weighted by molar-refractivity contribution is 5.95. The van der Waals surface area contributed by atoms with Crippen molar-refractivity contribution in [1.82, 2.24) is 15.0 Å². The Kier molecular flexibility index (Phi) is 3.68. The van der Waals surface area contributed by atoms with Gasteiger partial charge in [0.1, 0.15) is 11.5 Å². The first-order chi connectivity index (χ1) is 11.5. The van der Waals surface area contributed by atoms with E-state index in [9.17, 15) is 4.79 Å². The molecule has 2 saturated heterocycles. The van der Waals surface area contributed by atoms with Crippen LogP contribution in [0.4, 0.5) is 0 Å². The molecular weight excluding hydrogens is 310 g/mol. The summed E-state index contributed by atoms with van der Waals surface area (Å²) in [5.41, 5.74) is 0.658. The number of hydrogen-bond donors (Lipinski definition) is 0. The van der Waals surface area contributed by atoms with Crippen molar-refractivity contribution in [1.29, 1.82) is 0 Å². The van der Waals surface area contributed by atoms with Gasteiger partial charge in [-0.25, -0.2) is 0 Å². The molecule has 0 bridgehead atoms. The molecule has 7 nitrogen and oxygen atoms in total. The van der Waals surface area contributed by atoms with Crippen molar-refractivity contribution in [2.75, 3.05) is 13.1 Å². The van der Waals surface area contributed by atoms with Crippen LogP contribution < -0.4 is 0 Å². The lowest BCUT2D eigenvalue weighted by Gasteiger charge is -2.18. The van der Waals surface area contributed by atoms with Gasteiger partial charge in [0.05, 0.1) is 24.2 Å². The molecule has 1 amide bonds. The van der Waals surface area contributed by atoms with Gasteiger partial charge in [-0.1, -0.05) is 5.16 Å². The number of carbonyl (C=O) groups is 1. The summed E-state index contributed by atoms with van der Waals surface area (Å²) in [6.07, 6.45) is 1.74. The Morgan fingerprint density at radius 3 is 2.79 bits per heavy atom. The molecule has 2 aliphatic rings. The first-order valence-corrected chi connectivity index (χ1v) is 8.30. The number of fused-ring (bicyclic) bond motifs is 1. The van der Waals surface area contributed by atoms with Gasteiger partial charge in [-0.15, -0.1) is 0 Å². The highest BCUT2D eigenvalue weighted by Crippen LogP contribution is 2.35. The number of furan rings is 1. The third-order valence-corrected chi connectivity index (χ3v) is 4.84. The first-order valence-electron chi connectivity index (χ1n) is 8.30. The zero-order valence-corrected chi connectivity index (χ0v) is 14.1. The minimum atomic E-state index is 0.0337. The number of ether oxygens (including phenoxy) is 1. The van der Waals surface area contributed by atoms with Gasteiger partial charge in [0, 0.05) is 19.0 Å². The van der Waals surface area contributed by atoms with Gasteiger partial charge in [0.25, 0.3) is 5.91 Å². The van der Waals surface area contributed by atoms with E-state index in [1.165, 1.54) is 0 Å². The molecule has 0 unspecified atom stereocenters. The fourth-order valence-electron chi connectivity index (χ4n) is 3.79. The van der Waals surface area contributed by atoms with Gasteiger partial charge in [-0.2, -0.15) is 4.98 Å². The van der Waals surface area contributed by atoms with Crippen LogP contribution >= 0.6 is 0 Å². The molecule has 24 heavy (non-hydrogen) atoms. The normalized spacial score (nSPS) is 26.1. The smallest absolute Gasteiger partial charge is 0.257 e. The second kappa shape index (κ2) is 5.73. The van der Waals surface area contributed by atoms with Crippen molar-refractivity contribution >= 4 is 5.91 Å². The maximum Gasteiger partial charge on any atom is 0.257 e. The van der Waals surface area contributed by atoms with Crippen LogP contribution in [0.15, 0.2) is 15.0 Å². The number of likely N-dealkylation sites (tertiary alicyclic amines) is 1. The second-order valence-electron chi connectivity index (χ2n) is 6.77. The standard InChI is InChI=1S/C17H21N3O4/c1-9-4-14(10(2)22-9)17(21)20-7-12-5-13(23-15(12)8-20)6-16-18-11(3)19-24-16/h4,12-13,15H,5-8H2,1-3H3/t12-,13-,15+/m1/s1. The molecule has 0 aliphatic carbocycles. The molecule has 0 spiro atoms. The van der Waals surface area contributed by atoms with E-state index >= 15 is 0 Å². The van der Waals surface area contributed by atoms with E-state index in [1.807, 2.05) is 24.8 Å². The van der Waals surface area contributed by atoms with Gasteiger partial charge >= 0.3 is 0 Å². The Hall–Kier alpha value is -2.15. The third kappa shape index (κ3) is 2.73. The van der Waals surface area contributed by atoms with E-state index < -0.39 is 0 Å². The van der Waals surface area contributed by atoms with Gasteiger partial charge in [-0.3, -0.25) is 4.79 Å².